The molecule has 316 valence electrons. The summed E-state index contributed by atoms with van der Waals surface area (Å²) in [6.45, 7) is 6.59. The molecule has 0 aliphatic heterocycles. The number of fused-ring (bicyclic) bond motifs is 7. The molecule has 0 saturated carbocycles. The first-order valence-corrected chi connectivity index (χ1v) is 21.2. The fourth-order valence-electron chi connectivity index (χ4n) is 9.04. The van der Waals surface area contributed by atoms with Crippen molar-refractivity contribution < 1.29 is 37.2 Å². The van der Waals surface area contributed by atoms with Gasteiger partial charge >= 0.3 is 0 Å². The number of imidazole rings is 1. The van der Waals surface area contributed by atoms with Gasteiger partial charge in [0.2, 0.25) is 0 Å². The number of para-hydroxylation sites is 5. The summed E-state index contributed by atoms with van der Waals surface area (Å²) in [7, 11) is 0. The van der Waals surface area contributed by atoms with Crippen molar-refractivity contribution in [3.05, 3.63) is 218 Å². The Balaban J connectivity index is 0.00000533. The second-order valence-electron chi connectivity index (χ2n) is 16.9. The van der Waals surface area contributed by atoms with Crippen LogP contribution < -0.4 is 9.30 Å². The van der Waals surface area contributed by atoms with Gasteiger partial charge in [0.15, 0.2) is 0 Å². The van der Waals surface area contributed by atoms with Crippen LogP contribution in [0.15, 0.2) is 194 Å². The number of ether oxygens (including phenoxy) is 1. The minimum absolute atomic E-state index is 0. The van der Waals surface area contributed by atoms with Crippen molar-refractivity contribution in [1.29, 1.82) is 0 Å². The Morgan fingerprint density at radius 2 is 1.32 bits per heavy atom. The number of hydrogen-bond acceptors (Lipinski definition) is 2. The smallest absolute Gasteiger partial charge is 0.268 e. The average molecular weight is 1020 g/mol. The Morgan fingerprint density at radius 3 is 2.12 bits per heavy atom. The van der Waals surface area contributed by atoms with Crippen molar-refractivity contribution in [3.63, 3.8) is 0 Å². The topological polar surface area (TPSA) is 40.8 Å². The van der Waals surface area contributed by atoms with Crippen molar-refractivity contribution in [2.45, 2.75) is 26.2 Å². The third kappa shape index (κ3) is 6.76. The van der Waals surface area contributed by atoms with Crippen molar-refractivity contribution in [1.82, 2.24) is 18.7 Å². The quantitative estimate of drug-likeness (QED) is 0.118. The standard InChI is InChI=1S/C58H41N5O.Pt/c1-58(2,3)40-33-34-59-55(35-40)63-49-25-12-10-23-46(49)47-30-29-44(37-54(47)63)64-43-22-16-21-42(36-43)60-38-61(52-28-15-14-27-51(52)60)57-45(39-17-6-4-7-18-39)31-32-53-56(57)48-24-11-13-26-50(48)62(53)41-19-8-5-9-20-41;/h4-35H,1-3H3;/q-2;/i4D,6D,7D,17D,18D;. The van der Waals surface area contributed by atoms with Gasteiger partial charge in [0.25, 0.3) is 6.33 Å². The van der Waals surface area contributed by atoms with E-state index in [-0.39, 0.29) is 44.1 Å². The molecule has 0 atom stereocenters. The molecule has 8 aromatic carbocycles. The summed E-state index contributed by atoms with van der Waals surface area (Å²) in [5, 5.41) is 3.87. The van der Waals surface area contributed by atoms with Crippen LogP contribution in [0, 0.1) is 18.5 Å². The van der Waals surface area contributed by atoms with Crippen LogP contribution in [-0.4, -0.2) is 18.7 Å². The molecule has 6 nitrogen and oxygen atoms in total. The summed E-state index contributed by atoms with van der Waals surface area (Å²) in [5.74, 6) is 1.77. The molecule has 12 rings (SSSR count). The minimum Gasteiger partial charge on any atom is -0.510 e. The molecule has 0 spiro atoms. The maximum Gasteiger partial charge on any atom is 0.268 e. The summed E-state index contributed by atoms with van der Waals surface area (Å²) in [5.41, 5.74) is 9.12. The van der Waals surface area contributed by atoms with E-state index in [9.17, 15) is 2.74 Å². The zero-order chi connectivity index (χ0) is 47.3. The maximum absolute atomic E-state index is 9.19. The molecule has 0 unspecified atom stereocenters. The van der Waals surface area contributed by atoms with E-state index in [1.165, 1.54) is 5.56 Å². The summed E-state index contributed by atoms with van der Waals surface area (Å²) in [6.07, 6.45) is 5.52. The first kappa shape index (κ1) is 34.9. The van der Waals surface area contributed by atoms with E-state index in [1.807, 2.05) is 118 Å². The fourth-order valence-corrected chi connectivity index (χ4v) is 9.04. The van der Waals surface area contributed by atoms with Gasteiger partial charge in [-0.05, 0) is 75.6 Å². The summed E-state index contributed by atoms with van der Waals surface area (Å²) in [4.78, 5) is 4.84. The normalized spacial score (nSPS) is 12.9. The second kappa shape index (κ2) is 15.9. The molecule has 0 fully saturated rings. The molecule has 65 heavy (non-hydrogen) atoms. The van der Waals surface area contributed by atoms with E-state index in [4.69, 9.17) is 13.8 Å². The zero-order valence-electron chi connectivity index (χ0n) is 40.5. The number of hydrogen-bond donors (Lipinski definition) is 0. The van der Waals surface area contributed by atoms with Crippen LogP contribution >= 0.6 is 0 Å². The van der Waals surface area contributed by atoms with Gasteiger partial charge in [-0.25, -0.2) is 4.98 Å². The van der Waals surface area contributed by atoms with E-state index in [0.29, 0.717) is 28.4 Å². The Bertz CT molecular complexity index is 4030. The number of benzene rings is 8. The predicted octanol–water partition coefficient (Wildman–Crippen LogP) is 13.7. The van der Waals surface area contributed by atoms with Crippen LogP contribution in [-0.2, 0) is 26.5 Å². The summed E-state index contributed by atoms with van der Waals surface area (Å²) in [6, 6.07) is 57.5. The monoisotopic (exact) mass is 1020 g/mol. The van der Waals surface area contributed by atoms with Gasteiger partial charge in [0.05, 0.1) is 34.6 Å². The molecule has 0 aliphatic rings. The number of rotatable bonds is 7. The molecule has 12 aromatic rings. The van der Waals surface area contributed by atoms with Gasteiger partial charge in [-0.15, -0.1) is 29.7 Å². The van der Waals surface area contributed by atoms with Crippen LogP contribution in [0.5, 0.6) is 11.5 Å². The first-order chi connectivity index (χ1) is 33.5. The molecule has 0 bridgehead atoms. The van der Waals surface area contributed by atoms with Gasteiger partial charge < -0.3 is 18.4 Å². The Labute approximate surface area is 398 Å². The first-order valence-electron chi connectivity index (χ1n) is 23.7. The third-order valence-electron chi connectivity index (χ3n) is 12.0. The van der Waals surface area contributed by atoms with E-state index < -0.39 is 18.1 Å². The molecule has 4 heterocycles. The molecule has 0 aliphatic carbocycles. The number of nitrogens with zero attached hydrogens (tertiary/aromatic N) is 5. The van der Waals surface area contributed by atoms with Gasteiger partial charge in [0, 0.05) is 60.7 Å². The van der Waals surface area contributed by atoms with Crippen LogP contribution in [0.1, 0.15) is 33.2 Å². The van der Waals surface area contributed by atoms with E-state index in [2.05, 4.69) is 103 Å². The summed E-state index contributed by atoms with van der Waals surface area (Å²) < 4.78 is 59.1. The SMILES string of the molecule is [2H]c1c([2H])c([2H])c(-c2ccc3c(c2-[n+]2[c-]n(-c4[c-]c(Oc5[c-]c6c(cc5)c5ccccc5n6-c5cc(C(C)(C)C)ccn5)ccc4)c4ccccc42)c2ccccc2n3-c2ccccc2)c([2H])c1[2H].[Pt]. The molecule has 7 heteroatoms. The van der Waals surface area contributed by atoms with Gasteiger partial charge in [0.1, 0.15) is 5.82 Å². The van der Waals surface area contributed by atoms with Crippen LogP contribution in [0.4, 0.5) is 0 Å². The Hall–Kier alpha value is -7.53. The fraction of sp³-hybridized carbons (Fsp3) is 0.0690. The van der Waals surface area contributed by atoms with Gasteiger partial charge in [-0.2, -0.15) is 18.2 Å². The van der Waals surface area contributed by atoms with E-state index in [0.717, 1.165) is 66.2 Å². The molecule has 0 amide bonds. The van der Waals surface area contributed by atoms with Gasteiger partial charge in [-0.1, -0.05) is 141 Å². The van der Waals surface area contributed by atoms with Crippen LogP contribution in [0.3, 0.4) is 0 Å². The van der Waals surface area contributed by atoms with Crippen molar-refractivity contribution >= 4 is 54.6 Å². The molecule has 4 aromatic heterocycles. The Kier molecular flexibility index (Phi) is 8.55. The van der Waals surface area contributed by atoms with Crippen LogP contribution in [0.2, 0.25) is 0 Å². The third-order valence-corrected chi connectivity index (χ3v) is 12.0. The van der Waals surface area contributed by atoms with E-state index in [1.54, 1.807) is 0 Å². The number of pyridine rings is 1. The second-order valence-corrected chi connectivity index (χ2v) is 16.9. The molecule has 0 N–H and O–H groups in total. The summed E-state index contributed by atoms with van der Waals surface area (Å²) >= 11 is 0. The largest absolute Gasteiger partial charge is 0.510 e. The zero-order valence-corrected chi connectivity index (χ0v) is 37.8. The van der Waals surface area contributed by atoms with Crippen molar-refractivity contribution in [2.24, 2.45) is 0 Å². The predicted molar refractivity (Wildman–Crippen MR) is 258 cm³/mol. The van der Waals surface area contributed by atoms with Crippen molar-refractivity contribution in [2.75, 3.05) is 0 Å². The Morgan fingerprint density at radius 1 is 0.615 bits per heavy atom. The minimum atomic E-state index is -0.451. The molecular formula is C58H41N5OPt-2. The average Bonchev–Trinajstić information content (AvgIpc) is 4.03. The van der Waals surface area contributed by atoms with Gasteiger partial charge in [-0.3, -0.25) is 4.57 Å². The number of aromatic nitrogens is 5. The van der Waals surface area contributed by atoms with Crippen molar-refractivity contribution in [3.8, 4) is 45.5 Å². The molecular weight excluding hydrogens is 978 g/mol. The van der Waals surface area contributed by atoms with E-state index >= 15 is 0 Å². The molecule has 0 saturated heterocycles. The van der Waals surface area contributed by atoms with Crippen LogP contribution in [0.25, 0.3) is 88.7 Å². The maximum atomic E-state index is 9.19. The molecule has 0 radical (unpaired) electrons.